The van der Waals surface area contributed by atoms with Crippen LogP contribution in [0.2, 0.25) is 15.1 Å². The third kappa shape index (κ3) is 8.28. The Hall–Kier alpha value is -2.53. The van der Waals surface area contributed by atoms with Crippen molar-refractivity contribution in [3.8, 4) is 0 Å². The molecule has 0 aromatic heterocycles. The number of hydrogen-bond donors (Lipinski definition) is 1. The first kappa shape index (κ1) is 27.1. The van der Waals surface area contributed by atoms with Crippen molar-refractivity contribution in [3.63, 3.8) is 0 Å². The lowest BCUT2D eigenvalue weighted by atomic mass is 10.0. The van der Waals surface area contributed by atoms with Gasteiger partial charge in [0.15, 0.2) is 0 Å². The fraction of sp³-hybridized carbons (Fsp3) is 0.286. The lowest BCUT2D eigenvalue weighted by Gasteiger charge is -2.32. The minimum absolute atomic E-state index is 0.0835. The summed E-state index contributed by atoms with van der Waals surface area (Å²) in [6.45, 7) is 4.83. The van der Waals surface area contributed by atoms with Gasteiger partial charge in [-0.2, -0.15) is 0 Å². The SMILES string of the molecule is CC(C)CNC(=O)C(Cc1ccccc1)N(Cc1cccc(Cl)c1)C(=O)Cc1ccc(Cl)c(Cl)c1. The van der Waals surface area contributed by atoms with Gasteiger partial charge in [0.2, 0.25) is 11.8 Å². The third-order valence-electron chi connectivity index (χ3n) is 5.54. The van der Waals surface area contributed by atoms with Gasteiger partial charge in [0.25, 0.3) is 0 Å². The Balaban J connectivity index is 1.96. The van der Waals surface area contributed by atoms with Crippen LogP contribution in [0.5, 0.6) is 0 Å². The van der Waals surface area contributed by atoms with Crippen LogP contribution in [0, 0.1) is 5.92 Å². The molecule has 2 amide bonds. The molecule has 3 aromatic rings. The Kier molecular flexibility index (Phi) is 10.0. The van der Waals surface area contributed by atoms with Crippen molar-refractivity contribution >= 4 is 46.6 Å². The van der Waals surface area contributed by atoms with Crippen LogP contribution in [0.1, 0.15) is 30.5 Å². The van der Waals surface area contributed by atoms with Gasteiger partial charge in [0, 0.05) is 24.5 Å². The number of amides is 2. The summed E-state index contributed by atoms with van der Waals surface area (Å²) in [5, 5.41) is 4.40. The van der Waals surface area contributed by atoms with Crippen LogP contribution in [0.15, 0.2) is 72.8 Å². The molecule has 0 heterocycles. The first-order valence-electron chi connectivity index (χ1n) is 11.5. The maximum Gasteiger partial charge on any atom is 0.243 e. The number of carbonyl (C=O) groups is 2. The van der Waals surface area contributed by atoms with Crippen molar-refractivity contribution in [2.45, 2.75) is 39.3 Å². The molecular weight excluding hydrogens is 503 g/mol. The number of carbonyl (C=O) groups excluding carboxylic acids is 2. The maximum absolute atomic E-state index is 13.7. The summed E-state index contributed by atoms with van der Waals surface area (Å²) < 4.78 is 0. The van der Waals surface area contributed by atoms with E-state index >= 15 is 0 Å². The average Bonchev–Trinajstić information content (AvgIpc) is 2.82. The van der Waals surface area contributed by atoms with Crippen molar-refractivity contribution in [1.82, 2.24) is 10.2 Å². The van der Waals surface area contributed by atoms with Gasteiger partial charge in [0.05, 0.1) is 16.5 Å². The number of halogens is 3. The molecule has 1 unspecified atom stereocenters. The quantitative estimate of drug-likeness (QED) is 0.320. The van der Waals surface area contributed by atoms with Crippen LogP contribution in [0.3, 0.4) is 0 Å². The summed E-state index contributed by atoms with van der Waals surface area (Å²) in [4.78, 5) is 28.8. The summed E-state index contributed by atoms with van der Waals surface area (Å²) in [5.74, 6) is -0.0966. The summed E-state index contributed by atoms with van der Waals surface area (Å²) in [6, 6.07) is 21.5. The van der Waals surface area contributed by atoms with E-state index in [4.69, 9.17) is 34.8 Å². The van der Waals surface area contributed by atoms with Gasteiger partial charge < -0.3 is 10.2 Å². The number of hydrogen-bond acceptors (Lipinski definition) is 2. The number of nitrogens with one attached hydrogen (secondary N) is 1. The molecule has 0 aliphatic heterocycles. The van der Waals surface area contributed by atoms with E-state index in [1.165, 1.54) is 0 Å². The number of benzene rings is 3. The molecule has 0 saturated heterocycles. The van der Waals surface area contributed by atoms with Gasteiger partial charge in [-0.3, -0.25) is 9.59 Å². The Morgan fingerprint density at radius 3 is 2.20 bits per heavy atom. The lowest BCUT2D eigenvalue weighted by Crippen LogP contribution is -2.51. The van der Waals surface area contributed by atoms with E-state index in [0.717, 1.165) is 16.7 Å². The third-order valence-corrected chi connectivity index (χ3v) is 6.51. The predicted molar refractivity (Wildman–Crippen MR) is 144 cm³/mol. The monoisotopic (exact) mass is 530 g/mol. The van der Waals surface area contributed by atoms with E-state index in [1.54, 1.807) is 29.2 Å². The highest BCUT2D eigenvalue weighted by atomic mass is 35.5. The van der Waals surface area contributed by atoms with E-state index < -0.39 is 6.04 Å². The molecule has 0 spiro atoms. The number of rotatable bonds is 10. The zero-order valence-corrected chi connectivity index (χ0v) is 22.1. The molecule has 3 aromatic carbocycles. The molecule has 0 aliphatic carbocycles. The Morgan fingerprint density at radius 2 is 1.54 bits per heavy atom. The van der Waals surface area contributed by atoms with E-state index in [9.17, 15) is 9.59 Å². The minimum Gasteiger partial charge on any atom is -0.354 e. The molecule has 1 N–H and O–H groups in total. The minimum atomic E-state index is -0.703. The van der Waals surface area contributed by atoms with Gasteiger partial charge in [-0.25, -0.2) is 0 Å². The first-order valence-corrected chi connectivity index (χ1v) is 12.7. The Bertz CT molecular complexity index is 1150. The van der Waals surface area contributed by atoms with Gasteiger partial charge in [0.1, 0.15) is 6.04 Å². The van der Waals surface area contributed by atoms with Crippen LogP contribution in [0.25, 0.3) is 0 Å². The molecule has 7 heteroatoms. The summed E-state index contributed by atoms with van der Waals surface area (Å²) in [6.07, 6.45) is 0.471. The standard InChI is InChI=1S/C28H29Cl3N2O2/c1-19(2)17-32-28(35)26(15-20-7-4-3-5-8-20)33(18-22-9-6-10-23(29)13-22)27(34)16-21-11-12-24(30)25(31)14-21/h3-14,19,26H,15-18H2,1-2H3,(H,32,35). The molecule has 0 aliphatic rings. The highest BCUT2D eigenvalue weighted by molar-refractivity contribution is 6.42. The smallest absolute Gasteiger partial charge is 0.243 e. The Morgan fingerprint density at radius 1 is 0.829 bits per heavy atom. The van der Waals surface area contributed by atoms with Crippen molar-refractivity contribution < 1.29 is 9.59 Å². The molecule has 1 atom stereocenters. The Labute approximate surface area is 222 Å². The van der Waals surface area contributed by atoms with Gasteiger partial charge in [-0.05, 0) is 46.9 Å². The highest BCUT2D eigenvalue weighted by Crippen LogP contribution is 2.24. The molecule has 0 saturated carbocycles. The maximum atomic E-state index is 13.7. The van der Waals surface area contributed by atoms with E-state index in [2.05, 4.69) is 5.32 Å². The zero-order valence-electron chi connectivity index (χ0n) is 19.8. The van der Waals surface area contributed by atoms with Crippen molar-refractivity contribution in [1.29, 1.82) is 0 Å². The van der Waals surface area contributed by atoms with Crippen molar-refractivity contribution in [2.24, 2.45) is 5.92 Å². The summed E-state index contributed by atoms with van der Waals surface area (Å²) >= 11 is 18.4. The van der Waals surface area contributed by atoms with E-state index in [1.807, 2.05) is 62.4 Å². The number of nitrogens with zero attached hydrogens (tertiary/aromatic N) is 1. The van der Waals surface area contributed by atoms with Crippen LogP contribution < -0.4 is 5.32 Å². The van der Waals surface area contributed by atoms with Crippen LogP contribution in [-0.2, 0) is 29.0 Å². The zero-order chi connectivity index (χ0) is 25.4. The normalized spacial score (nSPS) is 11.8. The molecule has 35 heavy (non-hydrogen) atoms. The summed E-state index contributed by atoms with van der Waals surface area (Å²) in [5.41, 5.74) is 2.53. The molecule has 0 fully saturated rings. The van der Waals surface area contributed by atoms with Gasteiger partial charge >= 0.3 is 0 Å². The van der Waals surface area contributed by atoms with E-state index in [0.29, 0.717) is 28.0 Å². The second kappa shape index (κ2) is 13.0. The van der Waals surface area contributed by atoms with Crippen LogP contribution >= 0.6 is 34.8 Å². The average molecular weight is 532 g/mol. The van der Waals surface area contributed by atoms with Gasteiger partial charge in [-0.15, -0.1) is 0 Å². The lowest BCUT2D eigenvalue weighted by molar-refractivity contribution is -0.140. The van der Waals surface area contributed by atoms with Gasteiger partial charge in [-0.1, -0.05) is 97.2 Å². The van der Waals surface area contributed by atoms with Crippen LogP contribution in [-0.4, -0.2) is 29.3 Å². The molecule has 4 nitrogen and oxygen atoms in total. The molecule has 0 bridgehead atoms. The second-order valence-corrected chi connectivity index (χ2v) is 10.2. The molecular formula is C28H29Cl3N2O2. The first-order chi connectivity index (χ1) is 16.7. The fourth-order valence-corrected chi connectivity index (χ4v) is 4.27. The molecule has 0 radical (unpaired) electrons. The van der Waals surface area contributed by atoms with Crippen LogP contribution in [0.4, 0.5) is 0 Å². The predicted octanol–water partition coefficient (Wildman–Crippen LogP) is 6.60. The second-order valence-electron chi connectivity index (χ2n) is 8.92. The highest BCUT2D eigenvalue weighted by Gasteiger charge is 2.30. The summed E-state index contributed by atoms with van der Waals surface area (Å²) in [7, 11) is 0. The van der Waals surface area contributed by atoms with Crippen molar-refractivity contribution in [2.75, 3.05) is 6.54 Å². The van der Waals surface area contributed by atoms with Crippen molar-refractivity contribution in [3.05, 3.63) is 105 Å². The fourth-order valence-electron chi connectivity index (χ4n) is 3.73. The topological polar surface area (TPSA) is 49.4 Å². The molecule has 184 valence electrons. The molecule has 3 rings (SSSR count). The van der Waals surface area contributed by atoms with E-state index in [-0.39, 0.29) is 30.7 Å². The largest absolute Gasteiger partial charge is 0.354 e.